The number of esters is 1. The molecule has 0 saturated heterocycles. The molecule has 0 N–H and O–H groups in total. The second-order valence-corrected chi connectivity index (χ2v) is 10.4. The van der Waals surface area contributed by atoms with Gasteiger partial charge in [-0.1, -0.05) is 20.8 Å². The van der Waals surface area contributed by atoms with Crippen LogP contribution in [-0.2, 0) is 9.53 Å². The fourth-order valence-corrected chi connectivity index (χ4v) is 7.91. The summed E-state index contributed by atoms with van der Waals surface area (Å²) in [6.45, 7) is 12.5. The lowest BCUT2D eigenvalue weighted by Gasteiger charge is -2.74. The molecule has 7 fully saturated rings. The first kappa shape index (κ1) is 17.9. The highest BCUT2D eigenvalue weighted by Gasteiger charge is 2.71. The van der Waals surface area contributed by atoms with Crippen molar-refractivity contribution in [2.24, 2.45) is 52.8 Å². The summed E-state index contributed by atoms with van der Waals surface area (Å²) < 4.78 is 6.42. The first-order valence-corrected chi connectivity index (χ1v) is 11.1. The maximum Gasteiger partial charge on any atom is 0.312 e. The van der Waals surface area contributed by atoms with Crippen molar-refractivity contribution in [1.82, 2.24) is 0 Å². The number of hydrogen-bond acceptors (Lipinski definition) is 2. The molecule has 8 bridgehead atoms. The molecule has 2 heteroatoms. The Kier molecular flexibility index (Phi) is 4.10. The molecule has 7 aliphatic carbocycles. The Morgan fingerprint density at radius 1 is 0.960 bits per heavy atom. The van der Waals surface area contributed by atoms with E-state index in [1.807, 2.05) is 27.7 Å². The minimum absolute atomic E-state index is 0.0539. The van der Waals surface area contributed by atoms with Gasteiger partial charge in [0.05, 0.1) is 5.41 Å². The molecule has 0 aromatic carbocycles. The molecular formula is C23H38O2. The highest BCUT2D eigenvalue weighted by atomic mass is 16.6. The lowest BCUT2D eigenvalue weighted by molar-refractivity contribution is -0.291. The lowest BCUT2D eigenvalue weighted by Crippen LogP contribution is -2.72. The normalized spacial score (nSPS) is 51.3. The molecule has 142 valence electrons. The highest BCUT2D eigenvalue weighted by Crippen LogP contribution is 2.74. The van der Waals surface area contributed by atoms with Gasteiger partial charge in [-0.2, -0.15) is 0 Å². The first-order chi connectivity index (χ1) is 11.8. The molecule has 0 heterocycles. The van der Waals surface area contributed by atoms with E-state index in [9.17, 15) is 4.79 Å². The molecule has 0 amide bonds. The summed E-state index contributed by atoms with van der Waals surface area (Å²) in [5.41, 5.74) is -0.506. The lowest BCUT2D eigenvalue weighted by atomic mass is 9.33. The summed E-state index contributed by atoms with van der Waals surface area (Å²) in [6, 6.07) is 0. The fourth-order valence-electron chi connectivity index (χ4n) is 7.91. The molecule has 0 aromatic heterocycles. The van der Waals surface area contributed by atoms with Crippen LogP contribution in [0.4, 0.5) is 0 Å². The second kappa shape index (κ2) is 5.73. The monoisotopic (exact) mass is 346 g/mol. The van der Waals surface area contributed by atoms with Crippen LogP contribution in [0.3, 0.4) is 0 Å². The molecule has 0 aromatic rings. The zero-order chi connectivity index (χ0) is 18.1. The summed E-state index contributed by atoms with van der Waals surface area (Å²) in [5.74, 6) is 7.09. The van der Waals surface area contributed by atoms with Gasteiger partial charge in [0.2, 0.25) is 0 Å². The third-order valence-electron chi connectivity index (χ3n) is 9.27. The quantitative estimate of drug-likeness (QED) is 0.613. The van der Waals surface area contributed by atoms with Gasteiger partial charge in [-0.05, 0) is 101 Å². The van der Waals surface area contributed by atoms with Gasteiger partial charge in [-0.3, -0.25) is 4.79 Å². The summed E-state index contributed by atoms with van der Waals surface area (Å²) in [4.78, 5) is 12.9. The van der Waals surface area contributed by atoms with Crippen LogP contribution < -0.4 is 0 Å². The molecule has 25 heavy (non-hydrogen) atoms. The van der Waals surface area contributed by atoms with E-state index in [-0.39, 0.29) is 17.0 Å². The second-order valence-electron chi connectivity index (χ2n) is 10.4. The van der Waals surface area contributed by atoms with Crippen molar-refractivity contribution in [3.8, 4) is 0 Å². The molecule has 0 radical (unpaired) electrons. The van der Waals surface area contributed by atoms with E-state index in [4.69, 9.17) is 4.74 Å². The predicted molar refractivity (Wildman–Crippen MR) is 101 cm³/mol. The summed E-state index contributed by atoms with van der Waals surface area (Å²) in [6.07, 6.45) is 7.95. The standard InChI is InChI=1S/C21H32O2.C2H6/c1-5-20(2,3)19(22)23-21(4)12-9-14-13-6-11-7-16(14)18(21)17(8-11)15(13)10-12;1-2/h11-18H,5-10H2,1-4H3;1-2H3. The van der Waals surface area contributed by atoms with Crippen LogP contribution in [0.2, 0.25) is 0 Å². The van der Waals surface area contributed by atoms with Crippen molar-refractivity contribution in [2.75, 3.05) is 0 Å². The van der Waals surface area contributed by atoms with Crippen LogP contribution in [0.15, 0.2) is 0 Å². The van der Waals surface area contributed by atoms with Gasteiger partial charge in [-0.25, -0.2) is 0 Å². The third kappa shape index (κ3) is 2.24. The Bertz CT molecular complexity index is 528. The van der Waals surface area contributed by atoms with Crippen LogP contribution in [0.5, 0.6) is 0 Å². The Morgan fingerprint density at radius 3 is 1.96 bits per heavy atom. The summed E-state index contributed by atoms with van der Waals surface area (Å²) in [7, 11) is 0. The van der Waals surface area contributed by atoms with Gasteiger partial charge in [0.15, 0.2) is 0 Å². The van der Waals surface area contributed by atoms with E-state index >= 15 is 0 Å². The van der Waals surface area contributed by atoms with Gasteiger partial charge in [0.1, 0.15) is 5.60 Å². The molecule has 7 rings (SSSR count). The van der Waals surface area contributed by atoms with Crippen molar-refractivity contribution in [3.05, 3.63) is 0 Å². The molecule has 5 unspecified atom stereocenters. The fraction of sp³-hybridized carbons (Fsp3) is 0.957. The topological polar surface area (TPSA) is 26.3 Å². The first-order valence-electron chi connectivity index (χ1n) is 11.1. The predicted octanol–water partition coefficient (Wildman–Crippen LogP) is 5.70. The highest BCUT2D eigenvalue weighted by molar-refractivity contribution is 5.76. The minimum atomic E-state index is -0.338. The number of ether oxygens (including phenoxy) is 1. The van der Waals surface area contributed by atoms with Crippen LogP contribution in [0.25, 0.3) is 0 Å². The zero-order valence-electron chi connectivity index (χ0n) is 17.2. The van der Waals surface area contributed by atoms with Gasteiger partial charge in [-0.15, -0.1) is 0 Å². The molecular weight excluding hydrogens is 308 g/mol. The van der Waals surface area contributed by atoms with Crippen LogP contribution in [0.1, 0.15) is 80.1 Å². The maximum atomic E-state index is 12.9. The smallest absolute Gasteiger partial charge is 0.312 e. The average Bonchev–Trinajstić information content (AvgIpc) is 2.61. The van der Waals surface area contributed by atoms with Gasteiger partial charge >= 0.3 is 5.97 Å². The Balaban J connectivity index is 0.000000758. The molecule has 7 aliphatic rings. The van der Waals surface area contributed by atoms with E-state index in [0.29, 0.717) is 11.8 Å². The van der Waals surface area contributed by atoms with Crippen LogP contribution in [-0.4, -0.2) is 11.6 Å². The molecule has 0 aliphatic heterocycles. The number of carbonyl (C=O) groups is 1. The summed E-state index contributed by atoms with van der Waals surface area (Å²) >= 11 is 0. The largest absolute Gasteiger partial charge is 0.458 e. The number of rotatable bonds is 3. The molecule has 0 spiro atoms. The van der Waals surface area contributed by atoms with Crippen molar-refractivity contribution in [2.45, 2.75) is 85.7 Å². The van der Waals surface area contributed by atoms with Crippen molar-refractivity contribution in [1.29, 1.82) is 0 Å². The SMILES string of the molecule is CC.CCC(C)(C)C(=O)OC1(C)C2CC3C4CC5CC3C1C(C5)C4C2. The van der Waals surface area contributed by atoms with E-state index < -0.39 is 0 Å². The summed E-state index contributed by atoms with van der Waals surface area (Å²) in [5, 5.41) is 0. The van der Waals surface area contributed by atoms with Gasteiger partial charge in [0, 0.05) is 5.92 Å². The number of hydrogen-bond donors (Lipinski definition) is 0. The maximum absolute atomic E-state index is 12.9. The van der Waals surface area contributed by atoms with Crippen molar-refractivity contribution >= 4 is 5.97 Å². The minimum Gasteiger partial charge on any atom is -0.458 e. The van der Waals surface area contributed by atoms with Crippen molar-refractivity contribution < 1.29 is 9.53 Å². The van der Waals surface area contributed by atoms with Crippen molar-refractivity contribution in [3.63, 3.8) is 0 Å². The number of carbonyl (C=O) groups excluding carboxylic acids is 1. The van der Waals surface area contributed by atoms with Crippen LogP contribution in [0, 0.1) is 52.8 Å². The van der Waals surface area contributed by atoms with E-state index in [1.54, 1.807) is 0 Å². The average molecular weight is 347 g/mol. The molecule has 2 nitrogen and oxygen atoms in total. The van der Waals surface area contributed by atoms with E-state index in [0.717, 1.165) is 41.9 Å². The Morgan fingerprint density at radius 2 is 1.44 bits per heavy atom. The van der Waals surface area contributed by atoms with Crippen LogP contribution >= 0.6 is 0 Å². The Hall–Kier alpha value is -0.530. The van der Waals surface area contributed by atoms with Gasteiger partial charge in [0.25, 0.3) is 0 Å². The Labute approximate surface area is 154 Å². The zero-order valence-corrected chi connectivity index (χ0v) is 17.2. The van der Waals surface area contributed by atoms with Gasteiger partial charge < -0.3 is 4.74 Å². The molecule has 5 atom stereocenters. The van der Waals surface area contributed by atoms with E-state index in [1.165, 1.54) is 32.1 Å². The third-order valence-corrected chi connectivity index (χ3v) is 9.27. The van der Waals surface area contributed by atoms with E-state index in [2.05, 4.69) is 13.8 Å². The molecule has 7 saturated carbocycles.